The van der Waals surface area contributed by atoms with E-state index in [0.717, 1.165) is 0 Å². The Balaban J connectivity index is 0. The van der Waals surface area contributed by atoms with Crippen LogP contribution >= 0.6 is 0 Å². The first-order chi connectivity index (χ1) is 8.00. The number of carbonyl (C=O) groups is 2. The number of esters is 2. The normalized spacial score (nSPS) is 11.6. The molecule has 0 radical (unpaired) electrons. The number of carbonyl (C=O) groups excluding carboxylic acids is 2. The van der Waals surface area contributed by atoms with Crippen molar-refractivity contribution in [2.75, 3.05) is 0 Å². The molecular weight excluding hydrogens is 241 g/mol. The SMILES string of the molecule is CC(C)C[C@H](N)C(=O)OC(=O)c1ccccc1.[H-].[Na+]. The molecule has 0 saturated carbocycles. The molecule has 0 saturated heterocycles. The first-order valence-electron chi connectivity index (χ1n) is 5.57. The molecule has 0 fully saturated rings. The zero-order valence-electron chi connectivity index (χ0n) is 12.1. The number of rotatable bonds is 4. The Labute approximate surface area is 131 Å². The van der Waals surface area contributed by atoms with Crippen LogP contribution in [0.2, 0.25) is 0 Å². The van der Waals surface area contributed by atoms with E-state index in [1.807, 2.05) is 13.8 Å². The van der Waals surface area contributed by atoms with Gasteiger partial charge in [0.05, 0.1) is 5.56 Å². The van der Waals surface area contributed by atoms with E-state index in [2.05, 4.69) is 0 Å². The molecule has 0 unspecified atom stereocenters. The van der Waals surface area contributed by atoms with Crippen LogP contribution in [0.4, 0.5) is 0 Å². The van der Waals surface area contributed by atoms with Gasteiger partial charge in [0.15, 0.2) is 0 Å². The third-order valence-electron chi connectivity index (χ3n) is 2.23. The second-order valence-electron chi connectivity index (χ2n) is 4.31. The Morgan fingerprint density at radius 2 is 1.83 bits per heavy atom. The van der Waals surface area contributed by atoms with Crippen molar-refractivity contribution in [3.05, 3.63) is 35.9 Å². The fourth-order valence-corrected chi connectivity index (χ4v) is 1.40. The Bertz CT molecular complexity index is 398. The summed E-state index contributed by atoms with van der Waals surface area (Å²) in [7, 11) is 0. The largest absolute Gasteiger partial charge is 1.00 e. The molecule has 0 heterocycles. The molecule has 2 N–H and O–H groups in total. The molecule has 5 heteroatoms. The summed E-state index contributed by atoms with van der Waals surface area (Å²) in [6.45, 7) is 3.90. The maximum Gasteiger partial charge on any atom is 1.00 e. The standard InChI is InChI=1S/C13H17NO3.Na.H/c1-9(2)8-11(14)13(16)17-12(15)10-6-4-3-5-7-10;;/h3-7,9,11H,8,14H2,1-2H3;;/q;+1;-1/t11-;;/m0../s1. The molecular formula is C13H18NNaO3. The Morgan fingerprint density at radius 1 is 1.28 bits per heavy atom. The van der Waals surface area contributed by atoms with Gasteiger partial charge in [-0.25, -0.2) is 9.59 Å². The molecule has 0 aliphatic carbocycles. The van der Waals surface area contributed by atoms with Crippen LogP contribution in [0.3, 0.4) is 0 Å². The van der Waals surface area contributed by atoms with Gasteiger partial charge in [-0.2, -0.15) is 0 Å². The third kappa shape index (κ3) is 5.78. The summed E-state index contributed by atoms with van der Waals surface area (Å²) < 4.78 is 4.70. The van der Waals surface area contributed by atoms with Gasteiger partial charge in [0, 0.05) is 0 Å². The molecule has 94 valence electrons. The zero-order chi connectivity index (χ0) is 12.8. The molecule has 0 aliphatic heterocycles. The smallest absolute Gasteiger partial charge is 1.00 e. The minimum Gasteiger partial charge on any atom is -1.00 e. The van der Waals surface area contributed by atoms with Crippen molar-refractivity contribution in [2.24, 2.45) is 11.7 Å². The molecule has 1 aromatic carbocycles. The molecule has 1 atom stereocenters. The van der Waals surface area contributed by atoms with E-state index in [-0.39, 0.29) is 36.9 Å². The quantitative estimate of drug-likeness (QED) is 0.421. The van der Waals surface area contributed by atoms with Gasteiger partial charge in [0.1, 0.15) is 6.04 Å². The van der Waals surface area contributed by atoms with Gasteiger partial charge >= 0.3 is 41.5 Å². The molecule has 0 aromatic heterocycles. The average Bonchev–Trinajstić information content (AvgIpc) is 2.29. The van der Waals surface area contributed by atoms with Crippen molar-refractivity contribution < 1.29 is 45.3 Å². The van der Waals surface area contributed by atoms with E-state index in [4.69, 9.17) is 10.5 Å². The van der Waals surface area contributed by atoms with E-state index in [0.29, 0.717) is 12.0 Å². The molecule has 0 aliphatic rings. The van der Waals surface area contributed by atoms with E-state index in [1.54, 1.807) is 30.3 Å². The van der Waals surface area contributed by atoms with Crippen LogP contribution < -0.4 is 35.3 Å². The van der Waals surface area contributed by atoms with Gasteiger partial charge in [-0.3, -0.25) is 0 Å². The van der Waals surface area contributed by atoms with Gasteiger partial charge in [0.25, 0.3) is 0 Å². The van der Waals surface area contributed by atoms with Gasteiger partial charge < -0.3 is 11.9 Å². The van der Waals surface area contributed by atoms with Crippen LogP contribution in [-0.2, 0) is 9.53 Å². The van der Waals surface area contributed by atoms with Crippen LogP contribution in [0, 0.1) is 5.92 Å². The monoisotopic (exact) mass is 259 g/mol. The van der Waals surface area contributed by atoms with Gasteiger partial charge in [-0.05, 0) is 24.5 Å². The second-order valence-corrected chi connectivity index (χ2v) is 4.31. The van der Waals surface area contributed by atoms with Crippen molar-refractivity contribution in [1.82, 2.24) is 0 Å². The average molecular weight is 259 g/mol. The van der Waals surface area contributed by atoms with Gasteiger partial charge in [-0.1, -0.05) is 32.0 Å². The first-order valence-corrected chi connectivity index (χ1v) is 5.57. The van der Waals surface area contributed by atoms with E-state index < -0.39 is 18.0 Å². The van der Waals surface area contributed by atoms with E-state index in [9.17, 15) is 9.59 Å². The maximum atomic E-state index is 11.5. The van der Waals surface area contributed by atoms with Crippen LogP contribution in [-0.4, -0.2) is 18.0 Å². The Morgan fingerprint density at radius 3 is 2.33 bits per heavy atom. The Kier molecular flexibility index (Phi) is 8.11. The number of benzene rings is 1. The van der Waals surface area contributed by atoms with Crippen molar-refractivity contribution in [2.45, 2.75) is 26.3 Å². The minimum atomic E-state index is -0.748. The van der Waals surface area contributed by atoms with E-state index in [1.165, 1.54) is 0 Å². The first kappa shape index (κ1) is 17.3. The molecule has 0 amide bonds. The van der Waals surface area contributed by atoms with E-state index >= 15 is 0 Å². The van der Waals surface area contributed by atoms with Crippen LogP contribution in [0.5, 0.6) is 0 Å². The van der Waals surface area contributed by atoms with Gasteiger partial charge in [0.2, 0.25) is 0 Å². The summed E-state index contributed by atoms with van der Waals surface area (Å²) in [6.07, 6.45) is 0.501. The third-order valence-corrected chi connectivity index (χ3v) is 2.23. The molecule has 1 rings (SSSR count). The summed E-state index contributed by atoms with van der Waals surface area (Å²) in [5.74, 6) is -1.05. The Hall–Kier alpha value is -0.680. The van der Waals surface area contributed by atoms with Crippen molar-refractivity contribution in [3.8, 4) is 0 Å². The second kappa shape index (κ2) is 8.43. The zero-order valence-corrected chi connectivity index (χ0v) is 13.1. The van der Waals surface area contributed by atoms with Crippen molar-refractivity contribution in [3.63, 3.8) is 0 Å². The van der Waals surface area contributed by atoms with Crippen LogP contribution in [0.25, 0.3) is 0 Å². The summed E-state index contributed by atoms with van der Waals surface area (Å²) in [4.78, 5) is 23.0. The molecule has 0 bridgehead atoms. The van der Waals surface area contributed by atoms with Crippen LogP contribution in [0.15, 0.2) is 30.3 Å². The predicted octanol–water partition coefficient (Wildman–Crippen LogP) is -1.14. The number of hydrogen-bond acceptors (Lipinski definition) is 4. The fourth-order valence-electron chi connectivity index (χ4n) is 1.40. The fraction of sp³-hybridized carbons (Fsp3) is 0.385. The summed E-state index contributed by atoms with van der Waals surface area (Å²) in [5, 5.41) is 0. The molecule has 18 heavy (non-hydrogen) atoms. The summed E-state index contributed by atoms with van der Waals surface area (Å²) in [5.41, 5.74) is 5.96. The summed E-state index contributed by atoms with van der Waals surface area (Å²) >= 11 is 0. The van der Waals surface area contributed by atoms with Crippen LogP contribution in [0.1, 0.15) is 32.1 Å². The molecule has 1 aromatic rings. The molecule has 0 spiro atoms. The topological polar surface area (TPSA) is 69.4 Å². The van der Waals surface area contributed by atoms with Gasteiger partial charge in [-0.15, -0.1) is 0 Å². The van der Waals surface area contributed by atoms with Crippen molar-refractivity contribution >= 4 is 11.9 Å². The van der Waals surface area contributed by atoms with Crippen molar-refractivity contribution in [1.29, 1.82) is 0 Å². The number of ether oxygens (including phenoxy) is 1. The number of hydrogen-bond donors (Lipinski definition) is 1. The molecule has 4 nitrogen and oxygen atoms in total. The predicted molar refractivity (Wildman–Crippen MR) is 65.4 cm³/mol. The summed E-state index contributed by atoms with van der Waals surface area (Å²) in [6, 6.07) is 7.61. The minimum absolute atomic E-state index is 0. The number of nitrogens with two attached hydrogens (primary N) is 1. The maximum absolute atomic E-state index is 11.5.